The normalized spacial score (nSPS) is 15.8. The minimum atomic E-state index is -1.30. The molecule has 2 N–H and O–H groups in total. The quantitative estimate of drug-likeness (QED) is 0.165. The van der Waals surface area contributed by atoms with Crippen molar-refractivity contribution < 1.29 is 24.0 Å². The number of amides is 2. The first-order chi connectivity index (χ1) is 19.1. The lowest BCUT2D eigenvalue weighted by Gasteiger charge is -2.21. The number of carbonyl (C=O) groups excluding carboxylic acids is 1. The lowest BCUT2D eigenvalue weighted by atomic mass is 10.0. The molecule has 1 fully saturated rings. The average molecular weight is 556 g/mol. The van der Waals surface area contributed by atoms with Crippen molar-refractivity contribution in [2.24, 2.45) is 10.9 Å². The van der Waals surface area contributed by atoms with Crippen LogP contribution in [0.15, 0.2) is 33.8 Å². The van der Waals surface area contributed by atoms with Gasteiger partial charge >= 0.3 is 12.2 Å². The van der Waals surface area contributed by atoms with E-state index < -0.39 is 17.8 Å². The largest absolute Gasteiger partial charge is 0.465 e. The van der Waals surface area contributed by atoms with Crippen molar-refractivity contribution in [3.63, 3.8) is 0 Å². The van der Waals surface area contributed by atoms with Crippen LogP contribution in [0.1, 0.15) is 96.9 Å². The summed E-state index contributed by atoms with van der Waals surface area (Å²) < 4.78 is 10.7. The summed E-state index contributed by atoms with van der Waals surface area (Å²) in [7, 11) is 0. The number of carbonyl (C=O) groups is 2. The summed E-state index contributed by atoms with van der Waals surface area (Å²) in [6.07, 6.45) is 10.8. The number of hydrogen-bond donors (Lipinski definition) is 2. The van der Waals surface area contributed by atoms with Crippen LogP contribution in [0.3, 0.4) is 0 Å². The van der Waals surface area contributed by atoms with E-state index in [4.69, 9.17) is 9.26 Å². The number of aliphatic imine (C=N–C) groups is 1. The highest BCUT2D eigenvalue weighted by Gasteiger charge is 2.29. The zero-order valence-corrected chi connectivity index (χ0v) is 24.4. The minimum Gasteiger partial charge on any atom is -0.465 e. The SMILES string of the molecule is CCCCCCCCCCc1ccc(-c2noc(C[C@@H]3CCN(/C(=N/C(=O)OC(C)(C)C)NC(=O)O)C3)n2)cc1. The van der Waals surface area contributed by atoms with Crippen LogP contribution in [0.25, 0.3) is 11.4 Å². The molecule has 0 spiro atoms. The molecule has 1 aliphatic rings. The van der Waals surface area contributed by atoms with E-state index in [9.17, 15) is 14.7 Å². The summed E-state index contributed by atoms with van der Waals surface area (Å²) in [4.78, 5) is 33.6. The number of nitrogens with zero attached hydrogens (tertiary/aromatic N) is 4. The molecule has 2 amide bonds. The highest BCUT2D eigenvalue weighted by molar-refractivity contribution is 5.98. The van der Waals surface area contributed by atoms with Crippen LogP contribution in [0.5, 0.6) is 0 Å². The topological polar surface area (TPSA) is 130 Å². The molecule has 1 aliphatic heterocycles. The molecule has 1 saturated heterocycles. The standard InChI is InChI=1S/C30H45N5O5/c1-5-6-7-8-9-10-11-12-13-22-14-16-24(17-15-22)26-31-25(40-34-26)20-23-18-19-35(21-23)27(32-28(36)37)33-29(38)39-30(2,3)4/h14-17,23H,5-13,18-21H2,1-4H3,(H,36,37)(H,32,33,38)/t23-/m0/s1. The number of hydrogen-bond acceptors (Lipinski definition) is 6. The molecule has 3 rings (SSSR count). The van der Waals surface area contributed by atoms with E-state index in [0.717, 1.165) is 18.4 Å². The van der Waals surface area contributed by atoms with Crippen molar-refractivity contribution in [1.29, 1.82) is 0 Å². The average Bonchev–Trinajstić information content (AvgIpc) is 3.54. The first-order valence-corrected chi connectivity index (χ1v) is 14.6. The van der Waals surface area contributed by atoms with Crippen LogP contribution in [0, 0.1) is 5.92 Å². The van der Waals surface area contributed by atoms with Gasteiger partial charge in [-0.1, -0.05) is 81.3 Å². The third-order valence-electron chi connectivity index (χ3n) is 6.86. The van der Waals surface area contributed by atoms with Crippen molar-refractivity contribution in [3.8, 4) is 11.4 Å². The summed E-state index contributed by atoms with van der Waals surface area (Å²) in [5.41, 5.74) is 1.51. The molecule has 0 unspecified atom stereocenters. The lowest BCUT2D eigenvalue weighted by molar-refractivity contribution is 0.0601. The maximum absolute atomic E-state index is 12.2. The Bertz CT molecular complexity index is 1110. The zero-order valence-electron chi connectivity index (χ0n) is 24.4. The second-order valence-corrected chi connectivity index (χ2v) is 11.6. The first kappa shape index (κ1) is 31.1. The number of rotatable bonds is 12. The van der Waals surface area contributed by atoms with Crippen molar-refractivity contribution >= 4 is 18.1 Å². The van der Waals surface area contributed by atoms with Gasteiger partial charge in [0.25, 0.3) is 0 Å². The minimum absolute atomic E-state index is 0.0393. The highest BCUT2D eigenvalue weighted by atomic mass is 16.6. The van der Waals surface area contributed by atoms with Crippen LogP contribution in [-0.4, -0.2) is 57.0 Å². The lowest BCUT2D eigenvalue weighted by Crippen LogP contribution is -2.43. The number of carboxylic acid groups (broad SMARTS) is 1. The monoisotopic (exact) mass is 555 g/mol. The molecule has 10 nitrogen and oxygen atoms in total. The van der Waals surface area contributed by atoms with Gasteiger partial charge in [-0.2, -0.15) is 4.98 Å². The van der Waals surface area contributed by atoms with Gasteiger partial charge in [0, 0.05) is 25.1 Å². The molecule has 1 atom stereocenters. The van der Waals surface area contributed by atoms with Gasteiger partial charge in [-0.25, -0.2) is 9.59 Å². The predicted octanol–water partition coefficient (Wildman–Crippen LogP) is 6.84. The number of ether oxygens (including phenoxy) is 1. The van der Waals surface area contributed by atoms with Crippen LogP contribution < -0.4 is 5.32 Å². The van der Waals surface area contributed by atoms with E-state index in [0.29, 0.717) is 31.2 Å². The third-order valence-corrected chi connectivity index (χ3v) is 6.86. The molecule has 2 heterocycles. The van der Waals surface area contributed by atoms with E-state index in [1.54, 1.807) is 25.7 Å². The van der Waals surface area contributed by atoms with Crippen LogP contribution >= 0.6 is 0 Å². The summed E-state index contributed by atoms with van der Waals surface area (Å²) in [5.74, 6) is 1.19. The van der Waals surface area contributed by atoms with Gasteiger partial charge in [0.05, 0.1) is 0 Å². The van der Waals surface area contributed by atoms with Crippen LogP contribution in [0.4, 0.5) is 9.59 Å². The third kappa shape index (κ3) is 11.0. The van der Waals surface area contributed by atoms with Gasteiger partial charge in [0.1, 0.15) is 5.60 Å². The van der Waals surface area contributed by atoms with E-state index in [-0.39, 0.29) is 11.9 Å². The molecule has 0 saturated carbocycles. The van der Waals surface area contributed by atoms with E-state index in [2.05, 4.69) is 39.5 Å². The number of nitrogens with one attached hydrogen (secondary N) is 1. The number of aromatic nitrogens is 2. The predicted molar refractivity (Wildman–Crippen MR) is 154 cm³/mol. The highest BCUT2D eigenvalue weighted by Crippen LogP contribution is 2.23. The van der Waals surface area contributed by atoms with Gasteiger partial charge in [0.15, 0.2) is 0 Å². The van der Waals surface area contributed by atoms with Gasteiger partial charge in [-0.05, 0) is 51.5 Å². The van der Waals surface area contributed by atoms with Crippen molar-refractivity contribution in [3.05, 3.63) is 35.7 Å². The van der Waals surface area contributed by atoms with E-state index in [1.165, 1.54) is 56.9 Å². The Kier molecular flexibility index (Phi) is 12.0. The Morgan fingerprint density at radius 3 is 2.42 bits per heavy atom. The molecule has 220 valence electrons. The van der Waals surface area contributed by atoms with Crippen molar-refractivity contribution in [1.82, 2.24) is 20.4 Å². The Hall–Kier alpha value is -3.43. The van der Waals surface area contributed by atoms with Gasteiger partial charge in [-0.3, -0.25) is 5.32 Å². The summed E-state index contributed by atoms with van der Waals surface area (Å²) in [6.45, 7) is 8.45. The molecule has 0 aliphatic carbocycles. The number of benzene rings is 1. The number of unbranched alkanes of at least 4 members (excludes halogenated alkanes) is 7. The van der Waals surface area contributed by atoms with Gasteiger partial charge < -0.3 is 19.3 Å². The Morgan fingerprint density at radius 2 is 1.77 bits per heavy atom. The summed E-state index contributed by atoms with van der Waals surface area (Å²) in [6, 6.07) is 8.37. The van der Waals surface area contributed by atoms with Gasteiger partial charge in [-0.15, -0.1) is 4.99 Å². The van der Waals surface area contributed by atoms with Gasteiger partial charge in [0.2, 0.25) is 17.7 Å². The van der Waals surface area contributed by atoms with Crippen molar-refractivity contribution in [2.75, 3.05) is 13.1 Å². The smallest absolute Gasteiger partial charge is 0.437 e. The fourth-order valence-electron chi connectivity index (χ4n) is 4.82. The fraction of sp³-hybridized carbons (Fsp3) is 0.633. The van der Waals surface area contributed by atoms with Crippen LogP contribution in [0.2, 0.25) is 0 Å². The molecular formula is C30H45N5O5. The number of likely N-dealkylation sites (tertiary alicyclic amines) is 1. The number of guanidine groups is 1. The molecule has 10 heteroatoms. The molecule has 0 bridgehead atoms. The fourth-order valence-corrected chi connectivity index (χ4v) is 4.82. The molecule has 0 radical (unpaired) electrons. The van der Waals surface area contributed by atoms with Crippen molar-refractivity contribution in [2.45, 2.75) is 104 Å². The molecular weight excluding hydrogens is 510 g/mol. The summed E-state index contributed by atoms with van der Waals surface area (Å²) in [5, 5.41) is 15.6. The number of aryl methyl sites for hydroxylation is 1. The Morgan fingerprint density at radius 1 is 1.10 bits per heavy atom. The van der Waals surface area contributed by atoms with E-state index >= 15 is 0 Å². The maximum Gasteiger partial charge on any atom is 0.437 e. The maximum atomic E-state index is 12.2. The zero-order chi connectivity index (χ0) is 29.0. The second kappa shape index (κ2) is 15.4. The molecule has 1 aromatic carbocycles. The molecule has 2 aromatic rings. The first-order valence-electron chi connectivity index (χ1n) is 14.6. The summed E-state index contributed by atoms with van der Waals surface area (Å²) >= 11 is 0. The van der Waals surface area contributed by atoms with E-state index in [1.807, 2.05) is 12.1 Å². The van der Waals surface area contributed by atoms with Crippen LogP contribution in [-0.2, 0) is 17.6 Å². The molecule has 1 aromatic heterocycles. The second-order valence-electron chi connectivity index (χ2n) is 11.6. The molecule has 40 heavy (non-hydrogen) atoms. The Balaban J connectivity index is 1.48. The Labute approximate surface area is 237 Å².